The van der Waals surface area contributed by atoms with Crippen molar-refractivity contribution in [1.29, 1.82) is 0 Å². The highest BCUT2D eigenvalue weighted by Gasteiger charge is 1.99. The maximum absolute atomic E-state index is 11.0. The molecule has 16 heavy (non-hydrogen) atoms. The van der Waals surface area contributed by atoms with Crippen LogP contribution in [0.3, 0.4) is 0 Å². The van der Waals surface area contributed by atoms with Crippen molar-refractivity contribution in [3.8, 4) is 0 Å². The molecule has 0 aliphatic rings. The first-order chi connectivity index (χ1) is 7.81. The second-order valence-electron chi connectivity index (χ2n) is 4.12. The van der Waals surface area contributed by atoms with E-state index in [-0.39, 0.29) is 12.2 Å². The summed E-state index contributed by atoms with van der Waals surface area (Å²) in [5.74, 6) is 0.0813. The molecule has 0 aromatic carbocycles. The number of unbranched alkanes of at least 4 members (excludes halogenated alkanes) is 5. The number of hydrogen-bond acceptors (Lipinski definition) is 2. The van der Waals surface area contributed by atoms with E-state index in [1.807, 2.05) is 0 Å². The Kier molecular flexibility index (Phi) is 11.5. The average Bonchev–Trinajstić information content (AvgIpc) is 2.27. The molecule has 92 valence electrons. The van der Waals surface area contributed by atoms with Gasteiger partial charge in [-0.15, -0.1) is 0 Å². The van der Waals surface area contributed by atoms with Gasteiger partial charge < -0.3 is 4.79 Å². The van der Waals surface area contributed by atoms with Gasteiger partial charge in [0.25, 0.3) is 0 Å². The Balaban J connectivity index is 3.15. The van der Waals surface area contributed by atoms with Gasteiger partial charge in [-0.3, -0.25) is 4.79 Å². The first-order valence-electron chi connectivity index (χ1n) is 6.41. The number of aldehydes is 1. The summed E-state index contributed by atoms with van der Waals surface area (Å²) in [7, 11) is 0. The van der Waals surface area contributed by atoms with Crippen LogP contribution in [0.15, 0.2) is 12.2 Å². The lowest BCUT2D eigenvalue weighted by molar-refractivity contribution is -0.122. The highest BCUT2D eigenvalue weighted by Crippen LogP contribution is 2.07. The van der Waals surface area contributed by atoms with Gasteiger partial charge in [-0.2, -0.15) is 0 Å². The van der Waals surface area contributed by atoms with Gasteiger partial charge in [-0.25, -0.2) is 0 Å². The van der Waals surface area contributed by atoms with Crippen molar-refractivity contribution in [3.63, 3.8) is 0 Å². The predicted molar refractivity (Wildman–Crippen MR) is 67.4 cm³/mol. The molecule has 0 fully saturated rings. The molecule has 0 aliphatic heterocycles. The number of hydrogen-bond donors (Lipinski definition) is 0. The summed E-state index contributed by atoms with van der Waals surface area (Å²) in [5, 5.41) is 0. The van der Waals surface area contributed by atoms with E-state index in [4.69, 9.17) is 0 Å². The molecule has 2 nitrogen and oxygen atoms in total. The molecule has 2 heteroatoms. The zero-order chi connectivity index (χ0) is 12.1. The lowest BCUT2D eigenvalue weighted by Gasteiger charge is -1.98. The van der Waals surface area contributed by atoms with Crippen LogP contribution in [-0.4, -0.2) is 12.1 Å². The third kappa shape index (κ3) is 11.2. The first kappa shape index (κ1) is 15.1. The Bertz CT molecular complexity index is 207. The summed E-state index contributed by atoms with van der Waals surface area (Å²) in [5.41, 5.74) is 0. The molecule has 0 spiro atoms. The molecule has 0 heterocycles. The third-order valence-electron chi connectivity index (χ3n) is 2.51. The molecule has 0 atom stereocenters. The summed E-state index contributed by atoms with van der Waals surface area (Å²) in [6, 6.07) is 0. The standard InChI is InChI=1S/C14H24O2/c1-2-3-4-5-6-7-8-9-10-11-14(16)12-13-15/h4-5,13H,2-3,6-12H2,1H3. The van der Waals surface area contributed by atoms with Crippen LogP contribution in [0.1, 0.15) is 64.7 Å². The molecular weight excluding hydrogens is 200 g/mol. The minimum Gasteiger partial charge on any atom is -0.303 e. The molecule has 0 bridgehead atoms. The predicted octanol–water partition coefficient (Wildman–Crippen LogP) is 3.84. The van der Waals surface area contributed by atoms with E-state index in [9.17, 15) is 9.59 Å². The number of ketones is 1. The Labute approximate surface area is 99.1 Å². The summed E-state index contributed by atoms with van der Waals surface area (Å²) in [6.07, 6.45) is 13.8. The van der Waals surface area contributed by atoms with Gasteiger partial charge >= 0.3 is 0 Å². The Hall–Kier alpha value is -0.920. The normalized spacial score (nSPS) is 10.8. The van der Waals surface area contributed by atoms with Crippen LogP contribution in [0.4, 0.5) is 0 Å². The van der Waals surface area contributed by atoms with Crippen molar-refractivity contribution in [2.24, 2.45) is 0 Å². The number of carbonyl (C=O) groups excluding carboxylic acids is 2. The van der Waals surface area contributed by atoms with E-state index in [0.29, 0.717) is 12.7 Å². The molecule has 0 N–H and O–H groups in total. The Morgan fingerprint density at radius 1 is 1.00 bits per heavy atom. The average molecular weight is 224 g/mol. The Morgan fingerprint density at radius 3 is 2.38 bits per heavy atom. The van der Waals surface area contributed by atoms with Crippen molar-refractivity contribution < 1.29 is 9.59 Å². The smallest absolute Gasteiger partial charge is 0.139 e. The minimum atomic E-state index is 0.0813. The van der Waals surface area contributed by atoms with Crippen LogP contribution < -0.4 is 0 Å². The molecule has 0 amide bonds. The topological polar surface area (TPSA) is 34.1 Å². The van der Waals surface area contributed by atoms with Crippen molar-refractivity contribution in [3.05, 3.63) is 12.2 Å². The fourth-order valence-electron chi connectivity index (χ4n) is 1.54. The summed E-state index contributed by atoms with van der Waals surface area (Å²) < 4.78 is 0. The van der Waals surface area contributed by atoms with Crippen LogP contribution in [0.5, 0.6) is 0 Å². The molecule has 0 saturated carbocycles. The zero-order valence-electron chi connectivity index (χ0n) is 10.4. The molecule has 0 rings (SSSR count). The van der Waals surface area contributed by atoms with E-state index in [1.165, 1.54) is 25.7 Å². The SMILES string of the molecule is CCCC=CCCCCCCC(=O)CC=O. The monoisotopic (exact) mass is 224 g/mol. The van der Waals surface area contributed by atoms with Gasteiger partial charge in [-0.1, -0.05) is 38.3 Å². The summed E-state index contributed by atoms with van der Waals surface area (Å²) in [6.45, 7) is 2.18. The molecular formula is C14H24O2. The lowest BCUT2D eigenvalue weighted by Crippen LogP contribution is -1.97. The van der Waals surface area contributed by atoms with E-state index in [0.717, 1.165) is 19.3 Å². The van der Waals surface area contributed by atoms with Crippen LogP contribution in [0, 0.1) is 0 Å². The van der Waals surface area contributed by atoms with E-state index in [1.54, 1.807) is 0 Å². The van der Waals surface area contributed by atoms with Crippen molar-refractivity contribution >= 4 is 12.1 Å². The number of carbonyl (C=O) groups is 2. The molecule has 0 unspecified atom stereocenters. The van der Waals surface area contributed by atoms with Crippen molar-refractivity contribution in [1.82, 2.24) is 0 Å². The van der Waals surface area contributed by atoms with Crippen LogP contribution >= 0.6 is 0 Å². The molecule has 0 saturated heterocycles. The highest BCUT2D eigenvalue weighted by molar-refractivity contribution is 5.89. The van der Waals surface area contributed by atoms with Gasteiger partial charge in [0.15, 0.2) is 0 Å². The van der Waals surface area contributed by atoms with Crippen LogP contribution in [-0.2, 0) is 9.59 Å². The van der Waals surface area contributed by atoms with Gasteiger partial charge in [0, 0.05) is 6.42 Å². The molecule has 0 aliphatic carbocycles. The maximum Gasteiger partial charge on any atom is 0.139 e. The maximum atomic E-state index is 11.0. The fraction of sp³-hybridized carbons (Fsp3) is 0.714. The lowest BCUT2D eigenvalue weighted by atomic mass is 10.1. The fourth-order valence-corrected chi connectivity index (χ4v) is 1.54. The summed E-state index contributed by atoms with van der Waals surface area (Å²) in [4.78, 5) is 21.1. The quantitative estimate of drug-likeness (QED) is 0.231. The van der Waals surface area contributed by atoms with E-state index in [2.05, 4.69) is 19.1 Å². The number of rotatable bonds is 11. The number of allylic oxidation sites excluding steroid dienone is 2. The van der Waals surface area contributed by atoms with Crippen molar-refractivity contribution in [2.75, 3.05) is 0 Å². The van der Waals surface area contributed by atoms with E-state index < -0.39 is 0 Å². The minimum absolute atomic E-state index is 0.0813. The van der Waals surface area contributed by atoms with Crippen molar-refractivity contribution in [2.45, 2.75) is 64.7 Å². The molecule has 0 radical (unpaired) electrons. The molecule has 0 aromatic rings. The third-order valence-corrected chi connectivity index (χ3v) is 2.51. The van der Waals surface area contributed by atoms with Gasteiger partial charge in [0.1, 0.15) is 12.1 Å². The highest BCUT2D eigenvalue weighted by atomic mass is 16.1. The van der Waals surface area contributed by atoms with E-state index >= 15 is 0 Å². The largest absolute Gasteiger partial charge is 0.303 e. The second kappa shape index (κ2) is 12.2. The van der Waals surface area contributed by atoms with Crippen LogP contribution in [0.2, 0.25) is 0 Å². The zero-order valence-corrected chi connectivity index (χ0v) is 10.4. The Morgan fingerprint density at radius 2 is 1.69 bits per heavy atom. The second-order valence-corrected chi connectivity index (χ2v) is 4.12. The first-order valence-corrected chi connectivity index (χ1v) is 6.41. The summed E-state index contributed by atoms with van der Waals surface area (Å²) >= 11 is 0. The number of Topliss-reactive ketones (excluding diaryl/α,β-unsaturated/α-hetero) is 1. The van der Waals surface area contributed by atoms with Crippen LogP contribution in [0.25, 0.3) is 0 Å². The van der Waals surface area contributed by atoms with Gasteiger partial charge in [0.2, 0.25) is 0 Å². The van der Waals surface area contributed by atoms with Gasteiger partial charge in [0.05, 0.1) is 6.42 Å². The van der Waals surface area contributed by atoms with Gasteiger partial charge in [-0.05, 0) is 25.7 Å². The molecule has 0 aromatic heterocycles.